The van der Waals surface area contributed by atoms with E-state index in [0.717, 1.165) is 31.5 Å². The number of rotatable bonds is 7. The van der Waals surface area contributed by atoms with Gasteiger partial charge in [0.1, 0.15) is 11.9 Å². The van der Waals surface area contributed by atoms with Gasteiger partial charge in [-0.05, 0) is 43.6 Å². The number of piperidine rings is 1. The molecule has 0 bridgehead atoms. The second kappa shape index (κ2) is 8.89. The number of nitrogens with zero attached hydrogens (tertiary/aromatic N) is 3. The molecule has 0 saturated carbocycles. The number of aromatic nitrogens is 2. The van der Waals surface area contributed by atoms with Crippen molar-refractivity contribution >= 4 is 5.91 Å². The summed E-state index contributed by atoms with van der Waals surface area (Å²) in [4.78, 5) is 19.3. The van der Waals surface area contributed by atoms with E-state index in [1.54, 1.807) is 12.1 Å². The summed E-state index contributed by atoms with van der Waals surface area (Å²) >= 11 is 0. The van der Waals surface area contributed by atoms with Crippen LogP contribution >= 0.6 is 0 Å². The van der Waals surface area contributed by atoms with Gasteiger partial charge in [0.2, 0.25) is 11.8 Å². The first-order chi connectivity index (χ1) is 12.7. The highest BCUT2D eigenvalue weighted by molar-refractivity contribution is 5.83. The van der Waals surface area contributed by atoms with E-state index in [0.29, 0.717) is 31.1 Å². The Labute approximate surface area is 152 Å². The summed E-state index contributed by atoms with van der Waals surface area (Å²) in [6, 6.07) is 5.81. The normalized spacial score (nSPS) is 16.4. The van der Waals surface area contributed by atoms with E-state index in [1.165, 1.54) is 18.6 Å². The molecule has 1 aromatic carbocycles. The number of nitrogens with one attached hydrogen (secondary N) is 1. The molecule has 0 spiro atoms. The number of amides is 1. The van der Waals surface area contributed by atoms with Crippen molar-refractivity contribution in [2.75, 3.05) is 19.6 Å². The summed E-state index contributed by atoms with van der Waals surface area (Å²) in [6.45, 7) is 4.14. The van der Waals surface area contributed by atoms with Gasteiger partial charge in [0.05, 0.1) is 0 Å². The van der Waals surface area contributed by atoms with Crippen LogP contribution in [0.4, 0.5) is 4.39 Å². The number of carbonyl (C=O) groups is 1. The van der Waals surface area contributed by atoms with E-state index in [-0.39, 0.29) is 11.7 Å². The Morgan fingerprint density at radius 3 is 2.65 bits per heavy atom. The number of benzene rings is 1. The smallest absolute Gasteiger partial charge is 0.241 e. The zero-order valence-corrected chi connectivity index (χ0v) is 15.1. The molecule has 2 heterocycles. The van der Waals surface area contributed by atoms with Crippen LogP contribution in [0.5, 0.6) is 0 Å². The molecule has 7 heteroatoms. The Kier molecular flexibility index (Phi) is 6.33. The highest BCUT2D eigenvalue weighted by Crippen LogP contribution is 2.25. The molecule has 6 nitrogen and oxygen atoms in total. The van der Waals surface area contributed by atoms with Gasteiger partial charge in [0.15, 0.2) is 5.82 Å². The van der Waals surface area contributed by atoms with E-state index < -0.39 is 6.04 Å². The monoisotopic (exact) mass is 360 g/mol. The molecule has 1 amide bonds. The van der Waals surface area contributed by atoms with Gasteiger partial charge < -0.3 is 9.84 Å². The maximum atomic E-state index is 13.3. The molecular weight excluding hydrogens is 335 g/mol. The molecule has 1 aromatic heterocycles. The fraction of sp³-hybridized carbons (Fsp3) is 0.526. The Morgan fingerprint density at radius 2 is 2.00 bits per heavy atom. The molecule has 0 aliphatic carbocycles. The summed E-state index contributed by atoms with van der Waals surface area (Å²) in [5, 5.41) is 6.87. The summed E-state index contributed by atoms with van der Waals surface area (Å²) < 4.78 is 18.4. The molecule has 1 fully saturated rings. The first-order valence-electron chi connectivity index (χ1n) is 9.26. The molecule has 140 valence electrons. The number of likely N-dealkylation sites (tertiary alicyclic amines) is 1. The lowest BCUT2D eigenvalue weighted by Gasteiger charge is -2.33. The van der Waals surface area contributed by atoms with E-state index in [2.05, 4.69) is 20.4 Å². The van der Waals surface area contributed by atoms with Gasteiger partial charge in [-0.3, -0.25) is 9.69 Å². The lowest BCUT2D eigenvalue weighted by molar-refractivity contribution is -0.127. The largest absolute Gasteiger partial charge is 0.354 e. The molecule has 1 unspecified atom stereocenters. The van der Waals surface area contributed by atoms with Gasteiger partial charge in [0, 0.05) is 19.4 Å². The van der Waals surface area contributed by atoms with Crippen molar-refractivity contribution in [1.82, 2.24) is 20.4 Å². The standard InChI is InChI=1S/C19H25FN4O2/c1-2-17-22-16(23-26-17)10-11-21-19(25)18(24-12-4-3-5-13-24)14-6-8-15(20)9-7-14/h6-9,18H,2-5,10-13H2,1H3,(H,21,25). The second-order valence-electron chi connectivity index (χ2n) is 6.55. The van der Waals surface area contributed by atoms with Crippen LogP contribution in [0.1, 0.15) is 49.5 Å². The van der Waals surface area contributed by atoms with Crippen LogP contribution in [-0.4, -0.2) is 40.6 Å². The third-order valence-electron chi connectivity index (χ3n) is 4.65. The number of carbonyl (C=O) groups excluding carboxylic acids is 1. The Bertz CT molecular complexity index is 711. The zero-order chi connectivity index (χ0) is 18.4. The summed E-state index contributed by atoms with van der Waals surface area (Å²) in [5.74, 6) is 0.829. The van der Waals surface area contributed by atoms with Crippen LogP contribution < -0.4 is 5.32 Å². The van der Waals surface area contributed by atoms with E-state index >= 15 is 0 Å². The predicted octanol–water partition coefficient (Wildman–Crippen LogP) is 2.66. The van der Waals surface area contributed by atoms with Crippen molar-refractivity contribution in [2.24, 2.45) is 0 Å². The van der Waals surface area contributed by atoms with Crippen LogP contribution in [0, 0.1) is 5.82 Å². The van der Waals surface area contributed by atoms with Crippen LogP contribution in [0.3, 0.4) is 0 Å². The number of halogens is 1. The first-order valence-corrected chi connectivity index (χ1v) is 9.26. The minimum Gasteiger partial charge on any atom is -0.354 e. The average molecular weight is 360 g/mol. The third kappa shape index (κ3) is 4.66. The lowest BCUT2D eigenvalue weighted by atomic mass is 10.0. The van der Waals surface area contributed by atoms with Crippen LogP contribution in [-0.2, 0) is 17.6 Å². The molecule has 1 aliphatic heterocycles. The SMILES string of the molecule is CCc1nc(CCNC(=O)C(c2ccc(F)cc2)N2CCCCC2)no1. The molecule has 0 radical (unpaired) electrons. The molecule has 26 heavy (non-hydrogen) atoms. The number of hydrogen-bond acceptors (Lipinski definition) is 5. The second-order valence-corrected chi connectivity index (χ2v) is 6.55. The summed E-state index contributed by atoms with van der Waals surface area (Å²) in [7, 11) is 0. The van der Waals surface area contributed by atoms with Gasteiger partial charge in [-0.2, -0.15) is 4.98 Å². The van der Waals surface area contributed by atoms with Crippen molar-refractivity contribution in [1.29, 1.82) is 0 Å². The molecule has 1 saturated heterocycles. The van der Waals surface area contributed by atoms with Gasteiger partial charge in [0.25, 0.3) is 0 Å². The molecule has 1 N–H and O–H groups in total. The highest BCUT2D eigenvalue weighted by Gasteiger charge is 2.28. The van der Waals surface area contributed by atoms with E-state index in [9.17, 15) is 9.18 Å². The molecule has 3 rings (SSSR count). The molecular formula is C19H25FN4O2. The average Bonchev–Trinajstić information content (AvgIpc) is 3.12. The molecule has 2 aromatic rings. The van der Waals surface area contributed by atoms with E-state index in [4.69, 9.17) is 4.52 Å². The van der Waals surface area contributed by atoms with Crippen molar-refractivity contribution in [3.63, 3.8) is 0 Å². The fourth-order valence-electron chi connectivity index (χ4n) is 3.28. The highest BCUT2D eigenvalue weighted by atomic mass is 19.1. The Morgan fingerprint density at radius 1 is 1.27 bits per heavy atom. The predicted molar refractivity (Wildman–Crippen MR) is 95.0 cm³/mol. The van der Waals surface area contributed by atoms with Crippen molar-refractivity contribution in [2.45, 2.75) is 45.1 Å². The van der Waals surface area contributed by atoms with E-state index in [1.807, 2.05) is 6.92 Å². The van der Waals surface area contributed by atoms with Gasteiger partial charge in [-0.1, -0.05) is 30.6 Å². The molecule has 1 aliphatic rings. The maximum absolute atomic E-state index is 13.3. The van der Waals surface area contributed by atoms with Crippen molar-refractivity contribution in [3.8, 4) is 0 Å². The summed E-state index contributed by atoms with van der Waals surface area (Å²) in [6.07, 6.45) is 4.56. The topological polar surface area (TPSA) is 71.3 Å². The first kappa shape index (κ1) is 18.5. The van der Waals surface area contributed by atoms with Gasteiger partial charge >= 0.3 is 0 Å². The minimum atomic E-state index is -0.396. The van der Waals surface area contributed by atoms with Gasteiger partial charge in [-0.15, -0.1) is 0 Å². The zero-order valence-electron chi connectivity index (χ0n) is 15.1. The van der Waals surface area contributed by atoms with Crippen molar-refractivity contribution < 1.29 is 13.7 Å². The van der Waals surface area contributed by atoms with Crippen LogP contribution in [0.15, 0.2) is 28.8 Å². The number of hydrogen-bond donors (Lipinski definition) is 1. The quantitative estimate of drug-likeness (QED) is 0.822. The minimum absolute atomic E-state index is 0.0716. The lowest BCUT2D eigenvalue weighted by Crippen LogP contribution is -2.43. The third-order valence-corrected chi connectivity index (χ3v) is 4.65. The number of aryl methyl sites for hydroxylation is 1. The van der Waals surface area contributed by atoms with Crippen molar-refractivity contribution in [3.05, 3.63) is 47.4 Å². The maximum Gasteiger partial charge on any atom is 0.241 e. The summed E-state index contributed by atoms with van der Waals surface area (Å²) in [5.41, 5.74) is 0.818. The fourth-order valence-corrected chi connectivity index (χ4v) is 3.28. The van der Waals surface area contributed by atoms with Gasteiger partial charge in [-0.25, -0.2) is 4.39 Å². The Hall–Kier alpha value is -2.28. The van der Waals surface area contributed by atoms with Crippen LogP contribution in [0.25, 0.3) is 0 Å². The molecule has 1 atom stereocenters. The Balaban J connectivity index is 1.64. The van der Waals surface area contributed by atoms with Crippen LogP contribution in [0.2, 0.25) is 0 Å².